The van der Waals surface area contributed by atoms with E-state index in [0.29, 0.717) is 42.7 Å². The summed E-state index contributed by atoms with van der Waals surface area (Å²) in [5.41, 5.74) is 4.44. The highest BCUT2D eigenvalue weighted by molar-refractivity contribution is 6.13. The molecular formula is C30H30N2O5. The molecule has 4 rings (SSSR count). The second kappa shape index (κ2) is 12.5. The molecule has 0 bridgehead atoms. The average Bonchev–Trinajstić information content (AvgIpc) is 3.30. The highest BCUT2D eigenvalue weighted by atomic mass is 16.5. The molecular weight excluding hydrogens is 468 g/mol. The first-order valence-corrected chi connectivity index (χ1v) is 12.4. The predicted molar refractivity (Wildman–Crippen MR) is 142 cm³/mol. The van der Waals surface area contributed by atoms with Crippen LogP contribution in [0.4, 0.5) is 5.69 Å². The first kappa shape index (κ1) is 25.7. The third kappa shape index (κ3) is 6.85. The molecule has 7 nitrogen and oxygen atoms in total. The van der Waals surface area contributed by atoms with Gasteiger partial charge in [0.15, 0.2) is 5.78 Å². The van der Waals surface area contributed by atoms with Crippen molar-refractivity contribution in [2.75, 3.05) is 18.5 Å². The van der Waals surface area contributed by atoms with Gasteiger partial charge >= 0.3 is 11.9 Å². The molecule has 7 heteroatoms. The Bertz CT molecular complexity index is 1380. The van der Waals surface area contributed by atoms with Gasteiger partial charge in [-0.3, -0.25) is 14.4 Å². The van der Waals surface area contributed by atoms with Crippen LogP contribution in [0.1, 0.15) is 46.9 Å². The van der Waals surface area contributed by atoms with E-state index in [9.17, 15) is 14.4 Å². The van der Waals surface area contributed by atoms with E-state index in [-0.39, 0.29) is 30.9 Å². The Morgan fingerprint density at radius 2 is 1.68 bits per heavy atom. The van der Waals surface area contributed by atoms with E-state index in [1.54, 1.807) is 31.2 Å². The lowest BCUT2D eigenvalue weighted by Gasteiger charge is -2.09. The molecule has 0 radical (unpaired) electrons. The summed E-state index contributed by atoms with van der Waals surface area (Å²) in [6.07, 6.45) is 3.53. The number of aromatic nitrogens is 1. The molecule has 0 aliphatic rings. The number of fused-ring (bicyclic) bond motifs is 1. The zero-order valence-corrected chi connectivity index (χ0v) is 20.8. The van der Waals surface area contributed by atoms with Gasteiger partial charge in [-0.2, -0.15) is 0 Å². The minimum atomic E-state index is -0.383. The Morgan fingerprint density at radius 3 is 2.49 bits per heavy atom. The Kier molecular flexibility index (Phi) is 8.70. The molecule has 0 unspecified atom stereocenters. The molecule has 0 saturated heterocycles. The number of nitrogens with zero attached hydrogens (tertiary/aromatic N) is 1. The molecule has 0 aliphatic heterocycles. The number of hydrogen-bond donors (Lipinski definition) is 1. The lowest BCUT2D eigenvalue weighted by Crippen LogP contribution is -2.17. The predicted octanol–water partition coefficient (Wildman–Crippen LogP) is 5.21. The first-order chi connectivity index (χ1) is 18.0. The summed E-state index contributed by atoms with van der Waals surface area (Å²) in [5.74, 6) is -0.713. The number of carbonyl (C=O) groups excluding carboxylic acids is 3. The number of nitrogens with one attached hydrogen (secondary N) is 1. The smallest absolute Gasteiger partial charge is 0.325 e. The van der Waals surface area contributed by atoms with Crippen LogP contribution < -0.4 is 5.32 Å². The second-order valence-electron chi connectivity index (χ2n) is 8.57. The van der Waals surface area contributed by atoms with Crippen LogP contribution in [0.15, 0.2) is 85.1 Å². The van der Waals surface area contributed by atoms with Crippen LogP contribution in [0, 0.1) is 0 Å². The normalized spacial score (nSPS) is 10.7. The van der Waals surface area contributed by atoms with Gasteiger partial charge in [-0.25, -0.2) is 0 Å². The van der Waals surface area contributed by atoms with Crippen LogP contribution in [-0.2, 0) is 32.1 Å². The minimum absolute atomic E-state index is 0.00967. The van der Waals surface area contributed by atoms with Crippen LogP contribution in [0.2, 0.25) is 0 Å². The SMILES string of the molecule is CCOC(=O)CCCc1cc(C(=O)c2cccc(NCC(=O)OCc3ccccc3)c2)c2ccccn12. The summed E-state index contributed by atoms with van der Waals surface area (Å²) in [6, 6.07) is 24.2. The highest BCUT2D eigenvalue weighted by Gasteiger charge is 2.18. The average molecular weight is 499 g/mol. The standard InChI is InChI=1S/C30H30N2O5/c1-2-36-28(33)16-9-14-25-19-26(27-15-6-7-17-32(25)27)30(35)23-12-8-13-24(18-23)31-20-29(34)37-21-22-10-4-3-5-11-22/h3-8,10-13,15,17-19,31H,2,9,14,16,20-21H2,1H3. The molecule has 0 fully saturated rings. The van der Waals surface area contributed by atoms with Crippen molar-refractivity contribution < 1.29 is 23.9 Å². The Labute approximate surface area is 216 Å². The monoisotopic (exact) mass is 498 g/mol. The number of hydrogen-bond acceptors (Lipinski definition) is 6. The third-order valence-electron chi connectivity index (χ3n) is 5.92. The van der Waals surface area contributed by atoms with Gasteiger partial charge in [-0.15, -0.1) is 0 Å². The quantitative estimate of drug-likeness (QED) is 0.213. The Morgan fingerprint density at radius 1 is 0.865 bits per heavy atom. The number of pyridine rings is 1. The van der Waals surface area contributed by atoms with Crippen molar-refractivity contribution in [3.63, 3.8) is 0 Å². The number of benzene rings is 2. The first-order valence-electron chi connectivity index (χ1n) is 12.4. The number of anilines is 1. The fourth-order valence-corrected chi connectivity index (χ4v) is 4.13. The van der Waals surface area contributed by atoms with Crippen molar-refractivity contribution in [1.82, 2.24) is 4.40 Å². The summed E-state index contributed by atoms with van der Waals surface area (Å²) < 4.78 is 12.3. The zero-order chi connectivity index (χ0) is 26.0. The van der Waals surface area contributed by atoms with Crippen molar-refractivity contribution in [2.45, 2.75) is 32.8 Å². The minimum Gasteiger partial charge on any atom is -0.466 e. The van der Waals surface area contributed by atoms with Gasteiger partial charge in [0, 0.05) is 35.1 Å². The lowest BCUT2D eigenvalue weighted by atomic mass is 10.0. The molecule has 1 N–H and O–H groups in total. The van der Waals surface area contributed by atoms with Crippen molar-refractivity contribution in [3.8, 4) is 0 Å². The summed E-state index contributed by atoms with van der Waals surface area (Å²) in [6.45, 7) is 2.36. The van der Waals surface area contributed by atoms with Gasteiger partial charge in [-0.1, -0.05) is 48.5 Å². The van der Waals surface area contributed by atoms with Crippen LogP contribution in [0.5, 0.6) is 0 Å². The zero-order valence-electron chi connectivity index (χ0n) is 20.8. The van der Waals surface area contributed by atoms with Crippen molar-refractivity contribution in [3.05, 3.63) is 107 Å². The lowest BCUT2D eigenvalue weighted by molar-refractivity contribution is -0.143. The topological polar surface area (TPSA) is 86.1 Å². The maximum absolute atomic E-state index is 13.5. The molecule has 190 valence electrons. The third-order valence-corrected chi connectivity index (χ3v) is 5.92. The van der Waals surface area contributed by atoms with Crippen molar-refractivity contribution in [2.24, 2.45) is 0 Å². The van der Waals surface area contributed by atoms with Gasteiger partial charge in [-0.05, 0) is 55.7 Å². The fourth-order valence-electron chi connectivity index (χ4n) is 4.13. The van der Waals surface area contributed by atoms with E-state index >= 15 is 0 Å². The largest absolute Gasteiger partial charge is 0.466 e. The van der Waals surface area contributed by atoms with Crippen LogP contribution in [0.3, 0.4) is 0 Å². The van der Waals surface area contributed by atoms with Gasteiger partial charge in [0.25, 0.3) is 0 Å². The van der Waals surface area contributed by atoms with E-state index in [2.05, 4.69) is 5.32 Å². The molecule has 4 aromatic rings. The molecule has 0 atom stereocenters. The number of esters is 2. The van der Waals surface area contributed by atoms with E-state index in [0.717, 1.165) is 16.8 Å². The number of ether oxygens (including phenoxy) is 2. The molecule has 2 aromatic carbocycles. The summed E-state index contributed by atoms with van der Waals surface area (Å²) in [4.78, 5) is 37.4. The fraction of sp³-hybridized carbons (Fsp3) is 0.233. The van der Waals surface area contributed by atoms with E-state index < -0.39 is 0 Å². The number of aryl methyl sites for hydroxylation is 1. The van der Waals surface area contributed by atoms with Crippen LogP contribution >= 0.6 is 0 Å². The number of rotatable bonds is 12. The molecule has 37 heavy (non-hydrogen) atoms. The van der Waals surface area contributed by atoms with Crippen LogP contribution in [0.25, 0.3) is 5.52 Å². The maximum atomic E-state index is 13.5. The van der Waals surface area contributed by atoms with E-state index in [1.807, 2.05) is 65.2 Å². The molecule has 0 spiro atoms. The van der Waals surface area contributed by atoms with Gasteiger partial charge in [0.2, 0.25) is 0 Å². The van der Waals surface area contributed by atoms with Gasteiger partial charge < -0.3 is 19.2 Å². The van der Waals surface area contributed by atoms with Crippen molar-refractivity contribution >= 4 is 28.9 Å². The summed E-state index contributed by atoms with van der Waals surface area (Å²) in [7, 11) is 0. The molecule has 2 aromatic heterocycles. The van der Waals surface area contributed by atoms with Crippen LogP contribution in [-0.4, -0.2) is 35.3 Å². The van der Waals surface area contributed by atoms with Gasteiger partial charge in [0.1, 0.15) is 13.2 Å². The maximum Gasteiger partial charge on any atom is 0.325 e. The summed E-state index contributed by atoms with van der Waals surface area (Å²) >= 11 is 0. The summed E-state index contributed by atoms with van der Waals surface area (Å²) in [5, 5.41) is 3.04. The Hall–Kier alpha value is -4.39. The molecule has 2 heterocycles. The van der Waals surface area contributed by atoms with Crippen molar-refractivity contribution in [1.29, 1.82) is 0 Å². The highest BCUT2D eigenvalue weighted by Crippen LogP contribution is 2.23. The van der Waals surface area contributed by atoms with E-state index in [4.69, 9.17) is 9.47 Å². The molecule has 0 amide bonds. The second-order valence-corrected chi connectivity index (χ2v) is 8.57. The Balaban J connectivity index is 1.42. The molecule has 0 aliphatic carbocycles. The van der Waals surface area contributed by atoms with Gasteiger partial charge in [0.05, 0.1) is 12.1 Å². The molecule has 0 saturated carbocycles. The number of carbonyl (C=O) groups is 3. The number of ketones is 1. The van der Waals surface area contributed by atoms with E-state index in [1.165, 1.54) is 0 Å².